The zero-order chi connectivity index (χ0) is 21.0. The lowest BCUT2D eigenvalue weighted by atomic mass is 9.80. The maximum absolute atomic E-state index is 13.0. The van der Waals surface area contributed by atoms with Crippen LogP contribution in [0.3, 0.4) is 0 Å². The van der Waals surface area contributed by atoms with E-state index in [0.717, 1.165) is 29.7 Å². The molecule has 2 amide bonds. The van der Waals surface area contributed by atoms with Gasteiger partial charge in [-0.2, -0.15) is 0 Å². The number of hydrogen-bond acceptors (Lipinski definition) is 3. The highest BCUT2D eigenvalue weighted by atomic mass is 16.5. The molecule has 5 nitrogen and oxygen atoms in total. The number of piperidine rings is 1. The monoisotopic (exact) mass is 394 g/mol. The number of amides is 2. The highest BCUT2D eigenvalue weighted by Crippen LogP contribution is 2.31. The summed E-state index contributed by atoms with van der Waals surface area (Å²) in [6.07, 6.45) is 1.60. The molecule has 154 valence electrons. The number of ether oxygens (including phenoxy) is 1. The Morgan fingerprint density at radius 3 is 2.48 bits per heavy atom. The fourth-order valence-corrected chi connectivity index (χ4v) is 3.79. The molecule has 3 rings (SSSR count). The van der Waals surface area contributed by atoms with E-state index in [4.69, 9.17) is 4.74 Å². The van der Waals surface area contributed by atoms with E-state index in [1.807, 2.05) is 68.1 Å². The van der Waals surface area contributed by atoms with Gasteiger partial charge < -0.3 is 15.0 Å². The summed E-state index contributed by atoms with van der Waals surface area (Å²) >= 11 is 0. The van der Waals surface area contributed by atoms with Gasteiger partial charge in [0.15, 0.2) is 0 Å². The largest absolute Gasteiger partial charge is 0.497 e. The number of hydrogen-bond donors (Lipinski definition) is 1. The number of nitrogens with zero attached hydrogens (tertiary/aromatic N) is 1. The van der Waals surface area contributed by atoms with Gasteiger partial charge in [0.25, 0.3) is 5.91 Å². The van der Waals surface area contributed by atoms with Crippen molar-refractivity contribution < 1.29 is 14.3 Å². The normalized spacial score (nSPS) is 19.0. The number of likely N-dealkylation sites (tertiary alicyclic amines) is 1. The maximum atomic E-state index is 13.0. The molecule has 0 aliphatic carbocycles. The minimum atomic E-state index is -0.583. The molecule has 1 N–H and O–H groups in total. The SMILES string of the molecule is COc1ccc(CNC(=O)[C@]2(C)CCCN(C(=O)c3ccc(C)c(C)c3)C2)cc1. The Balaban J connectivity index is 1.64. The number of nitrogens with one attached hydrogen (secondary N) is 1. The first kappa shape index (κ1) is 20.9. The summed E-state index contributed by atoms with van der Waals surface area (Å²) in [6, 6.07) is 13.4. The van der Waals surface area contributed by atoms with E-state index >= 15 is 0 Å². The van der Waals surface area contributed by atoms with Crippen LogP contribution in [0.4, 0.5) is 0 Å². The van der Waals surface area contributed by atoms with Crippen molar-refractivity contribution in [1.82, 2.24) is 10.2 Å². The second-order valence-corrected chi connectivity index (χ2v) is 8.22. The Morgan fingerprint density at radius 1 is 1.10 bits per heavy atom. The van der Waals surface area contributed by atoms with Gasteiger partial charge in [-0.05, 0) is 74.6 Å². The van der Waals surface area contributed by atoms with Crippen LogP contribution in [0.25, 0.3) is 0 Å². The predicted octanol–water partition coefficient (Wildman–Crippen LogP) is 3.87. The Hall–Kier alpha value is -2.82. The molecule has 1 saturated heterocycles. The highest BCUT2D eigenvalue weighted by molar-refractivity contribution is 5.95. The van der Waals surface area contributed by atoms with Crippen molar-refractivity contribution >= 4 is 11.8 Å². The van der Waals surface area contributed by atoms with Crippen LogP contribution < -0.4 is 10.1 Å². The van der Waals surface area contributed by atoms with Gasteiger partial charge in [-0.1, -0.05) is 18.2 Å². The highest BCUT2D eigenvalue weighted by Gasteiger charge is 2.39. The zero-order valence-electron chi connectivity index (χ0n) is 17.7. The third kappa shape index (κ3) is 4.78. The van der Waals surface area contributed by atoms with Gasteiger partial charge in [-0.3, -0.25) is 9.59 Å². The molecule has 0 unspecified atom stereocenters. The first-order valence-corrected chi connectivity index (χ1v) is 10.1. The van der Waals surface area contributed by atoms with Crippen LogP contribution in [-0.2, 0) is 11.3 Å². The minimum Gasteiger partial charge on any atom is -0.497 e. The lowest BCUT2D eigenvalue weighted by Gasteiger charge is -2.39. The Morgan fingerprint density at radius 2 is 1.83 bits per heavy atom. The zero-order valence-corrected chi connectivity index (χ0v) is 17.7. The molecule has 0 spiro atoms. The predicted molar refractivity (Wildman–Crippen MR) is 114 cm³/mol. The van der Waals surface area contributed by atoms with Gasteiger partial charge in [0, 0.05) is 25.2 Å². The average Bonchev–Trinajstić information content (AvgIpc) is 2.73. The second kappa shape index (κ2) is 8.68. The van der Waals surface area contributed by atoms with Gasteiger partial charge >= 0.3 is 0 Å². The molecule has 0 aromatic heterocycles. The lowest BCUT2D eigenvalue weighted by Crippen LogP contribution is -2.51. The van der Waals surface area contributed by atoms with Crippen LogP contribution in [0.2, 0.25) is 0 Å². The molecular formula is C24H30N2O3. The van der Waals surface area contributed by atoms with Gasteiger partial charge in [-0.25, -0.2) is 0 Å². The molecule has 0 bridgehead atoms. The lowest BCUT2D eigenvalue weighted by molar-refractivity contribution is -0.132. The summed E-state index contributed by atoms with van der Waals surface area (Å²) in [5.41, 5.74) is 3.40. The van der Waals surface area contributed by atoms with E-state index in [9.17, 15) is 9.59 Å². The molecule has 0 saturated carbocycles. The summed E-state index contributed by atoms with van der Waals surface area (Å²) in [7, 11) is 1.63. The molecule has 29 heavy (non-hydrogen) atoms. The van der Waals surface area contributed by atoms with E-state index in [1.165, 1.54) is 5.56 Å². The Bertz CT molecular complexity index is 891. The Labute approximate surface area is 173 Å². The van der Waals surface area contributed by atoms with Gasteiger partial charge in [0.1, 0.15) is 5.75 Å². The van der Waals surface area contributed by atoms with E-state index in [-0.39, 0.29) is 11.8 Å². The van der Waals surface area contributed by atoms with Gasteiger partial charge in [0.05, 0.1) is 12.5 Å². The Kier molecular flexibility index (Phi) is 6.26. The summed E-state index contributed by atoms with van der Waals surface area (Å²) in [5, 5.41) is 3.04. The maximum Gasteiger partial charge on any atom is 0.253 e. The molecule has 1 aliphatic rings. The molecule has 1 atom stereocenters. The quantitative estimate of drug-likeness (QED) is 0.837. The van der Waals surface area contributed by atoms with Crippen molar-refractivity contribution in [1.29, 1.82) is 0 Å². The molecular weight excluding hydrogens is 364 g/mol. The van der Waals surface area contributed by atoms with Crippen LogP contribution in [0, 0.1) is 19.3 Å². The number of carbonyl (C=O) groups is 2. The number of carbonyl (C=O) groups excluding carboxylic acids is 2. The molecule has 1 heterocycles. The van der Waals surface area contributed by atoms with Crippen molar-refractivity contribution in [3.05, 3.63) is 64.7 Å². The van der Waals surface area contributed by atoms with E-state index in [0.29, 0.717) is 25.2 Å². The van der Waals surface area contributed by atoms with Crippen molar-refractivity contribution in [2.45, 2.75) is 40.2 Å². The van der Waals surface area contributed by atoms with Crippen molar-refractivity contribution in [3.8, 4) is 5.75 Å². The molecule has 1 aliphatic heterocycles. The first-order chi connectivity index (χ1) is 13.8. The number of benzene rings is 2. The smallest absolute Gasteiger partial charge is 0.253 e. The number of methoxy groups -OCH3 is 1. The summed E-state index contributed by atoms with van der Waals surface area (Å²) in [4.78, 5) is 27.8. The van der Waals surface area contributed by atoms with Crippen molar-refractivity contribution in [2.75, 3.05) is 20.2 Å². The van der Waals surface area contributed by atoms with E-state index in [1.54, 1.807) is 7.11 Å². The fraction of sp³-hybridized carbons (Fsp3) is 0.417. The topological polar surface area (TPSA) is 58.6 Å². The van der Waals surface area contributed by atoms with Crippen LogP contribution in [-0.4, -0.2) is 36.9 Å². The molecule has 2 aromatic carbocycles. The van der Waals surface area contributed by atoms with Gasteiger partial charge in [-0.15, -0.1) is 0 Å². The molecule has 1 fully saturated rings. The number of aryl methyl sites for hydroxylation is 2. The fourth-order valence-electron chi connectivity index (χ4n) is 3.79. The van der Waals surface area contributed by atoms with Crippen molar-refractivity contribution in [2.24, 2.45) is 5.41 Å². The molecule has 2 aromatic rings. The third-order valence-corrected chi connectivity index (χ3v) is 5.90. The second-order valence-electron chi connectivity index (χ2n) is 8.22. The summed E-state index contributed by atoms with van der Waals surface area (Å²) < 4.78 is 5.17. The van der Waals surface area contributed by atoms with E-state index < -0.39 is 5.41 Å². The molecule has 0 radical (unpaired) electrons. The van der Waals surface area contributed by atoms with Crippen LogP contribution in [0.5, 0.6) is 5.75 Å². The van der Waals surface area contributed by atoms with Crippen LogP contribution in [0.15, 0.2) is 42.5 Å². The number of rotatable bonds is 5. The van der Waals surface area contributed by atoms with Gasteiger partial charge in [0.2, 0.25) is 5.91 Å². The van der Waals surface area contributed by atoms with Crippen LogP contribution >= 0.6 is 0 Å². The minimum absolute atomic E-state index is 0.00183. The standard InChI is InChI=1S/C24H30N2O3/c1-17-6-9-20(14-18(17)2)22(27)26-13-5-12-24(3,16-26)23(28)25-15-19-7-10-21(29-4)11-8-19/h6-11,14H,5,12-13,15-16H2,1-4H3,(H,25,28)/t24-/m1/s1. The average molecular weight is 395 g/mol. The third-order valence-electron chi connectivity index (χ3n) is 5.90. The van der Waals surface area contributed by atoms with E-state index in [2.05, 4.69) is 5.32 Å². The molecule has 5 heteroatoms. The van der Waals surface area contributed by atoms with Crippen LogP contribution in [0.1, 0.15) is 46.8 Å². The summed E-state index contributed by atoms with van der Waals surface area (Å²) in [6.45, 7) is 7.59. The first-order valence-electron chi connectivity index (χ1n) is 10.1. The van der Waals surface area contributed by atoms with Crippen molar-refractivity contribution in [3.63, 3.8) is 0 Å². The summed E-state index contributed by atoms with van der Waals surface area (Å²) in [5.74, 6) is 0.785.